The molecule has 0 amide bonds. The maximum absolute atomic E-state index is 5.39. The first-order valence-electron chi connectivity index (χ1n) is 7.08. The fourth-order valence-electron chi connectivity index (χ4n) is 2.01. The van der Waals surface area contributed by atoms with Gasteiger partial charge in [0.2, 0.25) is 0 Å². The van der Waals surface area contributed by atoms with Crippen LogP contribution >= 0.6 is 0 Å². The minimum absolute atomic E-state index is 0.760. The molecule has 0 aliphatic rings. The van der Waals surface area contributed by atoms with Crippen LogP contribution in [0.2, 0.25) is 0 Å². The molecule has 0 aromatic carbocycles. The minimum Gasteiger partial charge on any atom is -0.360 e. The molecule has 0 saturated heterocycles. The first kappa shape index (κ1) is 14.7. The van der Waals surface area contributed by atoms with Crippen molar-refractivity contribution in [2.24, 2.45) is 0 Å². The molecule has 0 bridgehead atoms. The number of aromatic nitrogens is 2. The zero-order valence-corrected chi connectivity index (χ0v) is 12.2. The summed E-state index contributed by atoms with van der Waals surface area (Å²) in [7, 11) is 0. The molecule has 0 aliphatic carbocycles. The zero-order chi connectivity index (χ0) is 14.2. The van der Waals surface area contributed by atoms with Crippen LogP contribution in [0.25, 0.3) is 0 Å². The molecule has 108 valence electrons. The van der Waals surface area contributed by atoms with E-state index in [1.807, 2.05) is 30.6 Å². The van der Waals surface area contributed by atoms with E-state index >= 15 is 0 Å². The normalized spacial score (nSPS) is 11.2. The number of hydrogen-bond donors (Lipinski definition) is 1. The average Bonchev–Trinajstić information content (AvgIpc) is 2.93. The lowest BCUT2D eigenvalue weighted by Gasteiger charge is -2.18. The Morgan fingerprint density at radius 2 is 2.00 bits per heavy atom. The van der Waals surface area contributed by atoms with Crippen molar-refractivity contribution in [2.75, 3.05) is 13.1 Å². The van der Waals surface area contributed by atoms with Crippen LogP contribution in [-0.2, 0) is 19.6 Å². The van der Waals surface area contributed by atoms with Crippen molar-refractivity contribution >= 4 is 0 Å². The Bertz CT molecular complexity index is 498. The lowest BCUT2D eigenvalue weighted by molar-refractivity contribution is 0.233. The van der Waals surface area contributed by atoms with Gasteiger partial charge < -0.3 is 9.84 Å². The van der Waals surface area contributed by atoms with Crippen molar-refractivity contribution in [3.8, 4) is 0 Å². The third-order valence-electron chi connectivity index (χ3n) is 3.15. The van der Waals surface area contributed by atoms with E-state index in [-0.39, 0.29) is 0 Å². The second kappa shape index (κ2) is 7.77. The predicted molar refractivity (Wildman–Crippen MR) is 77.9 cm³/mol. The van der Waals surface area contributed by atoms with E-state index in [9.17, 15) is 0 Å². The molecular weight excluding hydrogens is 252 g/mol. The Morgan fingerprint density at radius 3 is 2.70 bits per heavy atom. The highest BCUT2D eigenvalue weighted by molar-refractivity contribution is 5.10. The largest absolute Gasteiger partial charge is 0.360 e. The summed E-state index contributed by atoms with van der Waals surface area (Å²) in [6.07, 6.45) is 3.65. The molecular formula is C15H22N4O. The van der Waals surface area contributed by atoms with Crippen molar-refractivity contribution in [1.29, 1.82) is 0 Å². The summed E-state index contributed by atoms with van der Waals surface area (Å²) < 4.78 is 5.39. The summed E-state index contributed by atoms with van der Waals surface area (Å²) in [5.41, 5.74) is 2.22. The van der Waals surface area contributed by atoms with Gasteiger partial charge in [0.15, 0.2) is 5.76 Å². The molecule has 2 heterocycles. The van der Waals surface area contributed by atoms with E-state index in [2.05, 4.69) is 34.2 Å². The van der Waals surface area contributed by atoms with Crippen LogP contribution in [0, 0.1) is 0 Å². The molecule has 0 spiro atoms. The third kappa shape index (κ3) is 4.43. The molecule has 0 radical (unpaired) electrons. The summed E-state index contributed by atoms with van der Waals surface area (Å²) in [5, 5.41) is 7.32. The van der Waals surface area contributed by atoms with E-state index < -0.39 is 0 Å². The van der Waals surface area contributed by atoms with Crippen LogP contribution in [0.5, 0.6) is 0 Å². The summed E-state index contributed by atoms with van der Waals surface area (Å²) in [5.74, 6) is 0.911. The van der Waals surface area contributed by atoms with Crippen LogP contribution in [-0.4, -0.2) is 28.1 Å². The van der Waals surface area contributed by atoms with Gasteiger partial charge in [-0.15, -0.1) is 0 Å². The Balaban J connectivity index is 1.91. The highest BCUT2D eigenvalue weighted by Crippen LogP contribution is 2.10. The van der Waals surface area contributed by atoms with E-state index in [1.165, 1.54) is 5.56 Å². The first-order chi connectivity index (χ1) is 9.81. The van der Waals surface area contributed by atoms with Gasteiger partial charge in [0.25, 0.3) is 0 Å². The van der Waals surface area contributed by atoms with Crippen LogP contribution < -0.4 is 5.32 Å². The molecule has 20 heavy (non-hydrogen) atoms. The van der Waals surface area contributed by atoms with E-state index in [0.29, 0.717) is 0 Å². The van der Waals surface area contributed by atoms with Crippen molar-refractivity contribution in [1.82, 2.24) is 20.4 Å². The number of nitrogens with zero attached hydrogens (tertiary/aromatic N) is 3. The predicted octanol–water partition coefficient (Wildman–Crippen LogP) is 2.20. The van der Waals surface area contributed by atoms with Crippen molar-refractivity contribution in [3.05, 3.63) is 47.6 Å². The van der Waals surface area contributed by atoms with Crippen molar-refractivity contribution < 1.29 is 4.52 Å². The molecule has 0 unspecified atom stereocenters. The average molecular weight is 274 g/mol. The maximum atomic E-state index is 5.39. The number of hydrogen-bond acceptors (Lipinski definition) is 5. The smallest absolute Gasteiger partial charge is 0.151 e. The Labute approximate surface area is 120 Å². The molecule has 1 N–H and O–H groups in total. The van der Waals surface area contributed by atoms with Crippen LogP contribution in [0.1, 0.15) is 30.9 Å². The highest BCUT2D eigenvalue weighted by atomic mass is 16.5. The Morgan fingerprint density at radius 1 is 1.20 bits per heavy atom. The molecule has 0 atom stereocenters. The molecule has 0 fully saturated rings. The van der Waals surface area contributed by atoms with Gasteiger partial charge in [-0.25, -0.2) is 0 Å². The van der Waals surface area contributed by atoms with Gasteiger partial charge in [-0.05, 0) is 30.8 Å². The van der Waals surface area contributed by atoms with Crippen LogP contribution in [0.4, 0.5) is 0 Å². The molecule has 2 rings (SSSR count). The summed E-state index contributed by atoms with van der Waals surface area (Å²) in [6, 6.07) is 6.11. The number of rotatable bonds is 8. The fraction of sp³-hybridized carbons (Fsp3) is 0.467. The number of pyridine rings is 1. The molecule has 5 nitrogen and oxygen atoms in total. The van der Waals surface area contributed by atoms with Crippen molar-refractivity contribution in [2.45, 2.75) is 33.5 Å². The van der Waals surface area contributed by atoms with E-state index in [4.69, 9.17) is 4.52 Å². The Hall–Kier alpha value is -1.72. The fourth-order valence-corrected chi connectivity index (χ4v) is 2.01. The lowest BCUT2D eigenvalue weighted by atomic mass is 10.2. The molecule has 2 aromatic rings. The van der Waals surface area contributed by atoms with Gasteiger partial charge >= 0.3 is 0 Å². The topological polar surface area (TPSA) is 54.2 Å². The maximum Gasteiger partial charge on any atom is 0.151 e. The second-order valence-electron chi connectivity index (χ2n) is 4.72. The summed E-state index contributed by atoms with van der Waals surface area (Å²) in [6.45, 7) is 8.55. The van der Waals surface area contributed by atoms with Crippen molar-refractivity contribution in [3.63, 3.8) is 0 Å². The van der Waals surface area contributed by atoms with Gasteiger partial charge in [0.05, 0.1) is 12.2 Å². The Kier molecular flexibility index (Phi) is 5.70. The standard InChI is InChI=1S/C15H22N4O/c1-3-16-10-14-9-15(20-18-14)12-19(4-2)11-13-5-7-17-8-6-13/h5-9,16H,3-4,10-12H2,1-2H3. The van der Waals surface area contributed by atoms with Crippen LogP contribution in [0.15, 0.2) is 35.1 Å². The summed E-state index contributed by atoms with van der Waals surface area (Å²) in [4.78, 5) is 6.35. The monoisotopic (exact) mass is 274 g/mol. The first-order valence-corrected chi connectivity index (χ1v) is 7.08. The quantitative estimate of drug-likeness (QED) is 0.800. The molecule has 5 heteroatoms. The van der Waals surface area contributed by atoms with Gasteiger partial charge in [-0.2, -0.15) is 0 Å². The van der Waals surface area contributed by atoms with E-state index in [0.717, 1.165) is 44.2 Å². The van der Waals surface area contributed by atoms with Crippen LogP contribution in [0.3, 0.4) is 0 Å². The lowest BCUT2D eigenvalue weighted by Crippen LogP contribution is -2.22. The number of nitrogens with one attached hydrogen (secondary N) is 1. The zero-order valence-electron chi connectivity index (χ0n) is 12.2. The molecule has 0 aliphatic heterocycles. The van der Waals surface area contributed by atoms with Gasteiger partial charge in [-0.1, -0.05) is 19.0 Å². The highest BCUT2D eigenvalue weighted by Gasteiger charge is 2.09. The van der Waals surface area contributed by atoms with Gasteiger partial charge in [-0.3, -0.25) is 9.88 Å². The minimum atomic E-state index is 0.760. The van der Waals surface area contributed by atoms with E-state index in [1.54, 1.807) is 0 Å². The summed E-state index contributed by atoms with van der Waals surface area (Å²) >= 11 is 0. The SMILES string of the molecule is CCNCc1cc(CN(CC)Cc2ccncc2)on1. The molecule has 2 aromatic heterocycles. The molecule has 0 saturated carbocycles. The third-order valence-corrected chi connectivity index (χ3v) is 3.15. The van der Waals surface area contributed by atoms with Gasteiger partial charge in [0.1, 0.15) is 0 Å². The van der Waals surface area contributed by atoms with Gasteiger partial charge in [0, 0.05) is 31.5 Å². The second-order valence-corrected chi connectivity index (χ2v) is 4.72.